The molecule has 0 aliphatic heterocycles. The zero-order valence-corrected chi connectivity index (χ0v) is 12.0. The van der Waals surface area contributed by atoms with Crippen molar-refractivity contribution in [3.63, 3.8) is 0 Å². The molecule has 6 heteroatoms. The van der Waals surface area contributed by atoms with Crippen LogP contribution in [0.4, 0.5) is 5.69 Å². The van der Waals surface area contributed by atoms with Crippen molar-refractivity contribution < 1.29 is 19.0 Å². The molecule has 0 spiro atoms. The monoisotopic (exact) mass is 297 g/mol. The number of nitrogens with one attached hydrogen (secondary N) is 1. The highest BCUT2D eigenvalue weighted by Gasteiger charge is 2.13. The first-order chi connectivity index (χ1) is 9.65. The van der Waals surface area contributed by atoms with Crippen LogP contribution in [0.2, 0.25) is 5.02 Å². The maximum absolute atomic E-state index is 9.95. The van der Waals surface area contributed by atoms with Gasteiger partial charge in [0.15, 0.2) is 0 Å². The maximum Gasteiger partial charge on any atom is 0.145 e. The first-order valence-corrected chi connectivity index (χ1v) is 6.40. The number of aliphatic hydroxyl groups is 1. The van der Waals surface area contributed by atoms with Crippen LogP contribution in [0.25, 0.3) is 0 Å². The molecule has 1 heterocycles. The highest BCUT2D eigenvalue weighted by atomic mass is 35.5. The molecule has 5 nitrogen and oxygen atoms in total. The van der Waals surface area contributed by atoms with E-state index >= 15 is 0 Å². The lowest BCUT2D eigenvalue weighted by Crippen LogP contribution is -2.12. The molecular weight excluding hydrogens is 282 g/mol. The van der Waals surface area contributed by atoms with E-state index in [9.17, 15) is 5.11 Å². The number of hydrogen-bond acceptors (Lipinski definition) is 5. The number of halogens is 1. The Kier molecular flexibility index (Phi) is 4.76. The van der Waals surface area contributed by atoms with Gasteiger partial charge >= 0.3 is 0 Å². The van der Waals surface area contributed by atoms with Crippen molar-refractivity contribution in [2.75, 3.05) is 26.1 Å². The molecule has 0 amide bonds. The van der Waals surface area contributed by atoms with Crippen LogP contribution in [-0.2, 0) is 0 Å². The predicted octanol–water partition coefficient (Wildman–Crippen LogP) is 3.10. The summed E-state index contributed by atoms with van der Waals surface area (Å²) in [5.74, 6) is 1.61. The summed E-state index contributed by atoms with van der Waals surface area (Å²) in [6.07, 6.45) is 0.763. The summed E-state index contributed by atoms with van der Waals surface area (Å²) in [6.45, 7) is 0.270. The van der Waals surface area contributed by atoms with Gasteiger partial charge in [-0.15, -0.1) is 0 Å². The average Bonchev–Trinajstić information content (AvgIpc) is 2.99. The molecule has 2 aromatic rings. The third-order valence-electron chi connectivity index (χ3n) is 2.83. The SMILES string of the molecule is COc1cc(OC)c(NCC(O)c2ccco2)cc1Cl. The molecule has 1 aromatic heterocycles. The number of ether oxygens (including phenoxy) is 2. The van der Waals surface area contributed by atoms with Gasteiger partial charge in [0.2, 0.25) is 0 Å². The summed E-state index contributed by atoms with van der Waals surface area (Å²) in [4.78, 5) is 0. The minimum atomic E-state index is -0.754. The van der Waals surface area contributed by atoms with E-state index in [1.807, 2.05) is 0 Å². The second kappa shape index (κ2) is 6.54. The summed E-state index contributed by atoms with van der Waals surface area (Å²) in [5, 5.41) is 13.5. The molecule has 0 bridgehead atoms. The Morgan fingerprint density at radius 3 is 2.65 bits per heavy atom. The Morgan fingerprint density at radius 1 is 1.30 bits per heavy atom. The van der Waals surface area contributed by atoms with E-state index in [1.54, 1.807) is 31.4 Å². The highest BCUT2D eigenvalue weighted by molar-refractivity contribution is 6.32. The van der Waals surface area contributed by atoms with Gasteiger partial charge in [-0.1, -0.05) is 11.6 Å². The van der Waals surface area contributed by atoms with E-state index in [1.165, 1.54) is 13.4 Å². The lowest BCUT2D eigenvalue weighted by Gasteiger charge is -2.15. The second-order valence-electron chi connectivity index (χ2n) is 4.10. The summed E-state index contributed by atoms with van der Waals surface area (Å²) in [6, 6.07) is 6.81. The summed E-state index contributed by atoms with van der Waals surface area (Å²) in [5.41, 5.74) is 0.670. The molecular formula is C14H16ClNO4. The van der Waals surface area contributed by atoms with Gasteiger partial charge in [-0.3, -0.25) is 0 Å². The molecule has 2 rings (SSSR count). The zero-order chi connectivity index (χ0) is 14.5. The Morgan fingerprint density at radius 2 is 2.05 bits per heavy atom. The van der Waals surface area contributed by atoms with Crippen LogP contribution in [0, 0.1) is 0 Å². The Hall–Kier alpha value is -1.85. The highest BCUT2D eigenvalue weighted by Crippen LogP contribution is 2.36. The van der Waals surface area contributed by atoms with Gasteiger partial charge in [-0.2, -0.15) is 0 Å². The van der Waals surface area contributed by atoms with Gasteiger partial charge in [0.1, 0.15) is 23.4 Å². The van der Waals surface area contributed by atoms with Crippen molar-refractivity contribution in [1.29, 1.82) is 0 Å². The van der Waals surface area contributed by atoms with Gasteiger partial charge in [-0.25, -0.2) is 0 Å². The van der Waals surface area contributed by atoms with Crippen LogP contribution in [0.1, 0.15) is 11.9 Å². The maximum atomic E-state index is 9.95. The van der Waals surface area contributed by atoms with Crippen LogP contribution in [-0.4, -0.2) is 25.9 Å². The van der Waals surface area contributed by atoms with Crippen molar-refractivity contribution in [3.05, 3.63) is 41.3 Å². The molecule has 20 heavy (non-hydrogen) atoms. The smallest absolute Gasteiger partial charge is 0.145 e. The largest absolute Gasteiger partial charge is 0.495 e. The minimum absolute atomic E-state index is 0.270. The molecule has 1 unspecified atom stereocenters. The summed E-state index contributed by atoms with van der Waals surface area (Å²) in [7, 11) is 3.09. The molecule has 0 saturated carbocycles. The van der Waals surface area contributed by atoms with Gasteiger partial charge in [0.05, 0.1) is 31.2 Å². The molecule has 0 fully saturated rings. The van der Waals surface area contributed by atoms with Crippen molar-refractivity contribution in [2.45, 2.75) is 6.10 Å². The third-order valence-corrected chi connectivity index (χ3v) is 3.13. The number of anilines is 1. The van der Waals surface area contributed by atoms with Crippen LogP contribution in [0.5, 0.6) is 11.5 Å². The number of aliphatic hydroxyl groups excluding tert-OH is 1. The number of furan rings is 1. The zero-order valence-electron chi connectivity index (χ0n) is 11.2. The van der Waals surface area contributed by atoms with Gasteiger partial charge in [0, 0.05) is 12.6 Å². The molecule has 1 atom stereocenters. The normalized spacial score (nSPS) is 12.0. The fourth-order valence-corrected chi connectivity index (χ4v) is 2.03. The fourth-order valence-electron chi connectivity index (χ4n) is 1.79. The van der Waals surface area contributed by atoms with E-state index in [2.05, 4.69) is 5.32 Å². The molecule has 108 valence electrons. The van der Waals surface area contributed by atoms with Crippen molar-refractivity contribution in [2.24, 2.45) is 0 Å². The van der Waals surface area contributed by atoms with Crippen LogP contribution < -0.4 is 14.8 Å². The van der Waals surface area contributed by atoms with E-state index < -0.39 is 6.10 Å². The molecule has 0 aliphatic carbocycles. The van der Waals surface area contributed by atoms with E-state index in [0.717, 1.165) is 0 Å². The van der Waals surface area contributed by atoms with Crippen molar-refractivity contribution in [3.8, 4) is 11.5 Å². The number of rotatable bonds is 6. The number of benzene rings is 1. The molecule has 1 aromatic carbocycles. The average molecular weight is 298 g/mol. The first kappa shape index (κ1) is 14.6. The molecule has 0 aliphatic rings. The van der Waals surface area contributed by atoms with Gasteiger partial charge < -0.3 is 24.3 Å². The minimum Gasteiger partial charge on any atom is -0.495 e. The van der Waals surface area contributed by atoms with Gasteiger partial charge in [-0.05, 0) is 18.2 Å². The van der Waals surface area contributed by atoms with Crippen molar-refractivity contribution in [1.82, 2.24) is 0 Å². The number of methoxy groups -OCH3 is 2. The Balaban J connectivity index is 2.11. The number of hydrogen-bond donors (Lipinski definition) is 2. The predicted molar refractivity (Wildman–Crippen MR) is 76.7 cm³/mol. The Bertz CT molecular complexity index is 557. The fraction of sp³-hybridized carbons (Fsp3) is 0.286. The lowest BCUT2D eigenvalue weighted by molar-refractivity contribution is 0.162. The van der Waals surface area contributed by atoms with Crippen molar-refractivity contribution >= 4 is 17.3 Å². The van der Waals surface area contributed by atoms with Crippen LogP contribution in [0.15, 0.2) is 34.9 Å². The van der Waals surface area contributed by atoms with Crippen LogP contribution in [0.3, 0.4) is 0 Å². The lowest BCUT2D eigenvalue weighted by atomic mass is 10.2. The van der Waals surface area contributed by atoms with E-state index in [4.69, 9.17) is 25.5 Å². The quantitative estimate of drug-likeness (QED) is 0.858. The Labute approximate surface area is 122 Å². The topological polar surface area (TPSA) is 63.9 Å². The molecule has 2 N–H and O–H groups in total. The standard InChI is InChI=1S/C14H16ClNO4/c1-18-13-7-14(19-2)10(6-9(13)15)16-8-11(17)12-4-3-5-20-12/h3-7,11,16-17H,8H2,1-2H3. The van der Waals surface area contributed by atoms with Gasteiger partial charge in [0.25, 0.3) is 0 Å². The first-order valence-electron chi connectivity index (χ1n) is 6.02. The van der Waals surface area contributed by atoms with E-state index in [-0.39, 0.29) is 6.54 Å². The third kappa shape index (κ3) is 3.18. The second-order valence-corrected chi connectivity index (χ2v) is 4.51. The summed E-state index contributed by atoms with van der Waals surface area (Å²) >= 11 is 6.07. The van der Waals surface area contributed by atoms with E-state index in [0.29, 0.717) is 28.0 Å². The molecule has 0 saturated heterocycles. The van der Waals surface area contributed by atoms with Crippen LogP contribution >= 0.6 is 11.6 Å². The summed E-state index contributed by atoms with van der Waals surface area (Å²) < 4.78 is 15.5. The molecule has 0 radical (unpaired) electrons.